The van der Waals surface area contributed by atoms with Gasteiger partial charge in [0.1, 0.15) is 0 Å². The Morgan fingerprint density at radius 1 is 1.24 bits per heavy atom. The van der Waals surface area contributed by atoms with Gasteiger partial charge in [-0.2, -0.15) is 0 Å². The number of benzene rings is 1. The van der Waals surface area contributed by atoms with E-state index in [9.17, 15) is 0 Å². The molecule has 0 aliphatic heterocycles. The van der Waals surface area contributed by atoms with Crippen molar-refractivity contribution in [1.82, 2.24) is 5.32 Å². The molecule has 1 aromatic rings. The topological polar surface area (TPSA) is 15.3 Å². The van der Waals surface area contributed by atoms with Gasteiger partial charge >= 0.3 is 0 Å². The minimum atomic E-state index is 0.132. The molecule has 1 unspecified atom stereocenters. The summed E-state index contributed by atoms with van der Waals surface area (Å²) in [6.07, 6.45) is 1.22. The Morgan fingerprint density at radius 2 is 1.90 bits per heavy atom. The molecule has 3 heteroatoms. The van der Waals surface area contributed by atoms with Crippen LogP contribution < -0.4 is 10.2 Å². The van der Waals surface area contributed by atoms with Crippen LogP contribution >= 0.6 is 15.9 Å². The van der Waals surface area contributed by atoms with Gasteiger partial charge in [0, 0.05) is 35.3 Å². The smallest absolute Gasteiger partial charge is 0.0412 e. The van der Waals surface area contributed by atoms with Crippen molar-refractivity contribution < 1.29 is 0 Å². The van der Waals surface area contributed by atoms with Crippen LogP contribution in [0.15, 0.2) is 22.7 Å². The number of hydrogen-bond donors (Lipinski definition) is 1. The lowest BCUT2D eigenvalue weighted by molar-refractivity contribution is 0.424. The quantitative estimate of drug-likeness (QED) is 0.722. The highest BCUT2D eigenvalue weighted by molar-refractivity contribution is 9.10. The van der Waals surface area contributed by atoms with Gasteiger partial charge in [0.2, 0.25) is 0 Å². The first-order chi connectivity index (χ1) is 9.76. The van der Waals surface area contributed by atoms with E-state index < -0.39 is 0 Å². The minimum absolute atomic E-state index is 0.132. The zero-order valence-electron chi connectivity index (χ0n) is 14.5. The van der Waals surface area contributed by atoms with E-state index in [0.29, 0.717) is 0 Å². The van der Waals surface area contributed by atoms with Crippen molar-refractivity contribution in [2.75, 3.05) is 18.0 Å². The lowest BCUT2D eigenvalue weighted by Crippen LogP contribution is -2.36. The molecule has 0 fully saturated rings. The van der Waals surface area contributed by atoms with E-state index in [2.05, 4.69) is 85.9 Å². The maximum Gasteiger partial charge on any atom is 0.0412 e. The van der Waals surface area contributed by atoms with Crippen LogP contribution in [0.2, 0.25) is 0 Å². The lowest BCUT2D eigenvalue weighted by atomic mass is 10.1. The summed E-state index contributed by atoms with van der Waals surface area (Å²) >= 11 is 3.61. The summed E-state index contributed by atoms with van der Waals surface area (Å²) in [4.78, 5) is 2.50. The molecule has 0 aliphatic carbocycles. The fraction of sp³-hybridized carbons (Fsp3) is 0.667. The second kappa shape index (κ2) is 8.19. The normalized spacial score (nSPS) is 13.3. The largest absolute Gasteiger partial charge is 0.371 e. The SMILES string of the molecule is CCC(C)CN(CC)c1ccc(Br)cc1CNC(C)(C)C. The molecule has 0 aromatic heterocycles. The zero-order chi connectivity index (χ0) is 16.0. The highest BCUT2D eigenvalue weighted by Gasteiger charge is 2.15. The van der Waals surface area contributed by atoms with E-state index in [-0.39, 0.29) is 5.54 Å². The van der Waals surface area contributed by atoms with Crippen molar-refractivity contribution in [3.05, 3.63) is 28.2 Å². The fourth-order valence-electron chi connectivity index (χ4n) is 2.27. The molecule has 0 bridgehead atoms. The van der Waals surface area contributed by atoms with Crippen LogP contribution in [0.1, 0.15) is 53.5 Å². The second-order valence-corrected chi connectivity index (χ2v) is 7.84. The summed E-state index contributed by atoms with van der Waals surface area (Å²) in [5.41, 5.74) is 2.86. The summed E-state index contributed by atoms with van der Waals surface area (Å²) in [6, 6.07) is 6.64. The van der Waals surface area contributed by atoms with E-state index in [1.807, 2.05) is 0 Å². The Labute approximate surface area is 139 Å². The molecule has 120 valence electrons. The van der Waals surface area contributed by atoms with Crippen molar-refractivity contribution in [3.63, 3.8) is 0 Å². The molecule has 1 aromatic carbocycles. The number of rotatable bonds is 7. The van der Waals surface area contributed by atoms with Gasteiger partial charge in [0.05, 0.1) is 0 Å². The van der Waals surface area contributed by atoms with Crippen LogP contribution in [0.5, 0.6) is 0 Å². The highest BCUT2D eigenvalue weighted by Crippen LogP contribution is 2.26. The predicted octanol–water partition coefficient (Wildman–Crippen LogP) is 5.21. The lowest BCUT2D eigenvalue weighted by Gasteiger charge is -2.30. The average Bonchev–Trinajstić information content (AvgIpc) is 2.42. The van der Waals surface area contributed by atoms with Crippen LogP contribution in [0.25, 0.3) is 0 Å². The van der Waals surface area contributed by atoms with E-state index in [0.717, 1.165) is 30.0 Å². The number of hydrogen-bond acceptors (Lipinski definition) is 2. The summed E-state index contributed by atoms with van der Waals surface area (Å²) in [5.74, 6) is 0.719. The van der Waals surface area contributed by atoms with Crippen LogP contribution in [-0.4, -0.2) is 18.6 Å². The van der Waals surface area contributed by atoms with Crippen LogP contribution in [0.3, 0.4) is 0 Å². The molecule has 0 spiro atoms. The molecule has 0 aliphatic rings. The Balaban J connectivity index is 2.98. The van der Waals surface area contributed by atoms with Gasteiger partial charge in [-0.25, -0.2) is 0 Å². The standard InChI is InChI=1S/C18H31BrN2/c1-7-14(3)13-21(8-2)17-10-9-16(19)11-15(17)12-20-18(4,5)6/h9-11,14,20H,7-8,12-13H2,1-6H3. The van der Waals surface area contributed by atoms with Crippen LogP contribution in [0.4, 0.5) is 5.69 Å². The minimum Gasteiger partial charge on any atom is -0.371 e. The van der Waals surface area contributed by atoms with Crippen molar-refractivity contribution in [2.24, 2.45) is 5.92 Å². The predicted molar refractivity (Wildman–Crippen MR) is 98.1 cm³/mol. The summed E-state index contributed by atoms with van der Waals surface area (Å²) in [7, 11) is 0. The van der Waals surface area contributed by atoms with Gasteiger partial charge in [-0.05, 0) is 57.4 Å². The van der Waals surface area contributed by atoms with E-state index in [1.54, 1.807) is 0 Å². The monoisotopic (exact) mass is 354 g/mol. The Bertz CT molecular complexity index is 437. The van der Waals surface area contributed by atoms with Gasteiger partial charge in [-0.3, -0.25) is 0 Å². The molecule has 1 atom stereocenters. The first-order valence-electron chi connectivity index (χ1n) is 8.05. The van der Waals surface area contributed by atoms with Crippen molar-refractivity contribution >= 4 is 21.6 Å². The molecule has 2 nitrogen and oxygen atoms in total. The Morgan fingerprint density at radius 3 is 2.43 bits per heavy atom. The average molecular weight is 355 g/mol. The maximum atomic E-state index is 3.61. The van der Waals surface area contributed by atoms with Crippen molar-refractivity contribution in [1.29, 1.82) is 0 Å². The van der Waals surface area contributed by atoms with Gasteiger partial charge < -0.3 is 10.2 Å². The van der Waals surface area contributed by atoms with Crippen LogP contribution in [-0.2, 0) is 6.54 Å². The molecule has 0 saturated heterocycles. The maximum absolute atomic E-state index is 3.61. The first-order valence-corrected chi connectivity index (χ1v) is 8.84. The number of nitrogens with one attached hydrogen (secondary N) is 1. The molecular formula is C18H31BrN2. The molecule has 0 heterocycles. The molecule has 0 saturated carbocycles. The third kappa shape index (κ3) is 6.39. The van der Waals surface area contributed by atoms with Crippen LogP contribution in [0, 0.1) is 5.92 Å². The van der Waals surface area contributed by atoms with Crippen molar-refractivity contribution in [3.8, 4) is 0 Å². The number of anilines is 1. The third-order valence-corrected chi connectivity index (χ3v) is 4.30. The summed E-state index contributed by atoms with van der Waals surface area (Å²) in [6.45, 7) is 16.5. The molecule has 21 heavy (non-hydrogen) atoms. The summed E-state index contributed by atoms with van der Waals surface area (Å²) in [5, 5.41) is 3.60. The number of nitrogens with zero attached hydrogens (tertiary/aromatic N) is 1. The van der Waals surface area contributed by atoms with Gasteiger partial charge in [0.15, 0.2) is 0 Å². The van der Waals surface area contributed by atoms with Gasteiger partial charge in [-0.15, -0.1) is 0 Å². The van der Waals surface area contributed by atoms with Gasteiger partial charge in [-0.1, -0.05) is 36.2 Å². The summed E-state index contributed by atoms with van der Waals surface area (Å²) < 4.78 is 1.15. The van der Waals surface area contributed by atoms with E-state index in [1.165, 1.54) is 17.7 Å². The molecule has 1 rings (SSSR count). The van der Waals surface area contributed by atoms with Crippen molar-refractivity contribution in [2.45, 2.75) is 60.0 Å². The molecule has 0 radical (unpaired) electrons. The molecular weight excluding hydrogens is 324 g/mol. The zero-order valence-corrected chi connectivity index (χ0v) is 16.0. The highest BCUT2D eigenvalue weighted by atomic mass is 79.9. The third-order valence-electron chi connectivity index (χ3n) is 3.80. The Hall–Kier alpha value is -0.540. The second-order valence-electron chi connectivity index (χ2n) is 6.93. The Kier molecular flexibility index (Phi) is 7.22. The van der Waals surface area contributed by atoms with Gasteiger partial charge in [0.25, 0.3) is 0 Å². The fourth-order valence-corrected chi connectivity index (χ4v) is 2.68. The van der Waals surface area contributed by atoms with E-state index >= 15 is 0 Å². The van der Waals surface area contributed by atoms with E-state index in [4.69, 9.17) is 0 Å². The first kappa shape index (κ1) is 18.5. The number of halogens is 1. The molecule has 0 amide bonds. The molecule has 1 N–H and O–H groups in total.